The first kappa shape index (κ1) is 55.3. The number of unbranched alkanes of at least 4 members (excludes halogenated alkanes) is 16. The number of amides is 4. The fourth-order valence-electron chi connectivity index (χ4n) is 7.30. The van der Waals surface area contributed by atoms with E-state index in [1.165, 1.54) is 78.6 Å². The molecule has 63 heavy (non-hydrogen) atoms. The van der Waals surface area contributed by atoms with Crippen LogP contribution < -0.4 is 21.7 Å². The van der Waals surface area contributed by atoms with Gasteiger partial charge < -0.3 is 50.5 Å². The summed E-state index contributed by atoms with van der Waals surface area (Å²) in [5.74, 6) is -4.95. The van der Waals surface area contributed by atoms with Gasteiger partial charge in [-0.05, 0) is 39.5 Å². The topological polar surface area (TPSA) is 248 Å². The van der Waals surface area contributed by atoms with Crippen molar-refractivity contribution in [3.8, 4) is 0 Å². The van der Waals surface area contributed by atoms with Crippen LogP contribution in [0.5, 0.6) is 0 Å². The Bertz CT molecular complexity index is 1390. The molecule has 0 spiro atoms. The minimum atomic E-state index is -1.54. The second kappa shape index (κ2) is 34.6. The van der Waals surface area contributed by atoms with E-state index in [9.17, 15) is 38.7 Å². The first-order valence-electron chi connectivity index (χ1n) is 24.1. The Labute approximate surface area is 377 Å². The van der Waals surface area contributed by atoms with Gasteiger partial charge in [0.25, 0.3) is 0 Å². The van der Waals surface area contributed by atoms with Crippen molar-refractivity contribution in [2.45, 2.75) is 231 Å². The molecule has 1 heterocycles. The van der Waals surface area contributed by atoms with Gasteiger partial charge in [-0.2, -0.15) is 0 Å². The molecule has 0 aromatic carbocycles. The lowest BCUT2D eigenvalue weighted by molar-refractivity contribution is -0.198. The normalized spacial score (nSPS) is 19.4. The monoisotopic (exact) mass is 900 g/mol. The summed E-state index contributed by atoms with van der Waals surface area (Å²) < 4.78 is 36.0. The number of nitrogens with two attached hydrogens (primary N) is 1. The van der Waals surface area contributed by atoms with Gasteiger partial charge in [0.05, 0.1) is 26.2 Å². The highest BCUT2D eigenvalue weighted by Gasteiger charge is 2.43. The highest BCUT2D eigenvalue weighted by molar-refractivity contribution is 5.92. The van der Waals surface area contributed by atoms with E-state index in [1.807, 2.05) is 0 Å². The molecule has 364 valence electrons. The van der Waals surface area contributed by atoms with Crippen LogP contribution in [-0.2, 0) is 57.2 Å². The third-order valence-corrected chi connectivity index (χ3v) is 11.1. The maximum Gasteiger partial charge on any atom is 0.309 e. The van der Waals surface area contributed by atoms with Gasteiger partial charge in [0.1, 0.15) is 49.2 Å². The third kappa shape index (κ3) is 26.5. The summed E-state index contributed by atoms with van der Waals surface area (Å²) in [7, 11) is 1.16. The molecule has 4 amide bonds. The Morgan fingerprint density at radius 2 is 1.32 bits per heavy atom. The average molecular weight is 900 g/mol. The number of esters is 3. The van der Waals surface area contributed by atoms with E-state index in [-0.39, 0.29) is 38.3 Å². The van der Waals surface area contributed by atoms with Crippen LogP contribution in [-0.4, -0.2) is 116 Å². The Balaban J connectivity index is 2.85. The number of methoxy groups -OCH3 is 1. The van der Waals surface area contributed by atoms with Gasteiger partial charge in [-0.3, -0.25) is 33.6 Å². The average Bonchev–Trinajstić information content (AvgIpc) is 3.26. The lowest BCUT2D eigenvalue weighted by atomic mass is 9.97. The first-order chi connectivity index (χ1) is 30.6. The highest BCUT2D eigenvalue weighted by atomic mass is 16.6. The minimum Gasteiger partial charge on any atom is -0.469 e. The Morgan fingerprint density at radius 1 is 0.762 bits per heavy atom. The van der Waals surface area contributed by atoms with Crippen LogP contribution in [0.25, 0.3) is 0 Å². The molecule has 0 aromatic rings. The Morgan fingerprint density at radius 3 is 1.86 bits per heavy atom. The molecule has 0 bridgehead atoms. The number of hydrogen-bond acceptors (Lipinski definition) is 13. The smallest absolute Gasteiger partial charge is 0.309 e. The molecule has 6 N–H and O–H groups in total. The van der Waals surface area contributed by atoms with Crippen molar-refractivity contribution in [3.63, 3.8) is 0 Å². The lowest BCUT2D eigenvalue weighted by Crippen LogP contribution is -2.62. The molecule has 1 fully saturated rings. The first-order valence-corrected chi connectivity index (χ1v) is 23.6. The molecule has 8 atom stereocenters. The second-order valence-corrected chi connectivity index (χ2v) is 16.8. The summed E-state index contributed by atoms with van der Waals surface area (Å²) >= 11 is 0. The molecule has 0 radical (unpaired) electrons. The fourth-order valence-corrected chi connectivity index (χ4v) is 7.30. The van der Waals surface area contributed by atoms with E-state index in [4.69, 9.17) is 26.1 Å². The molecular formula is C46H82N4O13. The van der Waals surface area contributed by atoms with E-state index < -0.39 is 90.8 Å². The second-order valence-electron chi connectivity index (χ2n) is 16.8. The number of primary amides is 1. The van der Waals surface area contributed by atoms with Crippen molar-refractivity contribution in [2.24, 2.45) is 5.73 Å². The van der Waals surface area contributed by atoms with Crippen molar-refractivity contribution in [2.75, 3.05) is 20.3 Å². The van der Waals surface area contributed by atoms with Gasteiger partial charge >= 0.3 is 17.9 Å². The molecule has 1 aliphatic heterocycles. The summed E-state index contributed by atoms with van der Waals surface area (Å²) in [4.78, 5) is 87.8. The van der Waals surface area contributed by atoms with Crippen molar-refractivity contribution in [1.29, 1.82) is 0 Å². The zero-order valence-electron chi connectivity index (χ0n) is 40.2. The number of ether oxygens (including phenoxy) is 5. The molecule has 0 aromatic heterocycles. The maximum absolute atomic E-state index is 13.3. The van der Waals surface area contributed by atoms with E-state index >= 15 is 0 Å². The standard InChI is InChI=1S/C46H82N4O13/c1-7-9-11-13-15-16-17-18-20-22-24-26-40(53)63-35(25-23-21-19-14-12-10-8-2)29-41(54)61-31-38-42(55)43(37(30-60-38)49-34(5)51)62-33(4)46(58)48-32(3)45(57)50-36(44(47)56)27-28-39(52)59-6/h32-33,35-38,42-43,55H,7-31H2,1-6H3,(H2,47,56)(H,48,58)(H,49,51)(H,50,57)/t32-,33+,35+,36-,37-,38+,42+,43+/m0/s1/i/hD. The number of aliphatic hydroxyl groups is 1. The van der Waals surface area contributed by atoms with Gasteiger partial charge in [0.15, 0.2) is 1.41 Å². The molecule has 1 rings (SSSR count). The Kier molecular flexibility index (Phi) is 30.3. The predicted molar refractivity (Wildman–Crippen MR) is 237 cm³/mol. The van der Waals surface area contributed by atoms with Crippen LogP contribution in [0.2, 0.25) is 1.41 Å². The highest BCUT2D eigenvalue weighted by Crippen LogP contribution is 2.22. The Hall–Kier alpha value is -3.83. The molecule has 17 heteroatoms. The summed E-state index contributed by atoms with van der Waals surface area (Å²) in [6.07, 6.45) is 14.4. The zero-order valence-corrected chi connectivity index (χ0v) is 39.2. The van der Waals surface area contributed by atoms with E-state index in [1.54, 1.807) is 0 Å². The summed E-state index contributed by atoms with van der Waals surface area (Å²) in [6.45, 7) is 7.56. The molecule has 17 nitrogen and oxygen atoms in total. The lowest BCUT2D eigenvalue weighted by Gasteiger charge is -2.41. The fraction of sp³-hybridized carbons (Fsp3) is 0.848. The van der Waals surface area contributed by atoms with Gasteiger partial charge in [-0.1, -0.05) is 117 Å². The number of nitrogens with one attached hydrogen (secondary N) is 3. The molecular weight excluding hydrogens is 817 g/mol. The summed E-state index contributed by atoms with van der Waals surface area (Å²) in [6, 6.07) is -3.68. The SMILES string of the molecule is [2H]N(C(=O)[C@@H](C)O[C@H]1[C@H](O)[C@@H](COC(=O)C[C@@H](CCCCCCCCC)OC(=O)CCCCCCCCCCCCC)OC[C@@H]1NC(C)=O)[C@@H](C)C(=O)N[C@@H](CCC(=O)OC)C(N)=O. The van der Waals surface area contributed by atoms with Crippen LogP contribution in [0.15, 0.2) is 0 Å². The quantitative estimate of drug-likeness (QED) is 0.0311. The van der Waals surface area contributed by atoms with E-state index in [0.29, 0.717) is 11.7 Å². The largest absolute Gasteiger partial charge is 0.469 e. The van der Waals surface area contributed by atoms with Crippen LogP contribution >= 0.6 is 0 Å². The van der Waals surface area contributed by atoms with Gasteiger partial charge in [-0.15, -0.1) is 0 Å². The van der Waals surface area contributed by atoms with Crippen molar-refractivity contribution < 1.29 is 63.8 Å². The molecule has 1 aliphatic rings. The molecule has 0 aliphatic carbocycles. The minimum absolute atomic E-state index is 0.165. The summed E-state index contributed by atoms with van der Waals surface area (Å²) in [5.41, 5.74) is 5.37. The van der Waals surface area contributed by atoms with Gasteiger partial charge in [0.2, 0.25) is 23.6 Å². The van der Waals surface area contributed by atoms with Crippen LogP contribution in [0.1, 0.15) is 182 Å². The number of carbonyl (C=O) groups excluding carboxylic acids is 7. The number of rotatable bonds is 36. The van der Waals surface area contributed by atoms with Crippen molar-refractivity contribution in [1.82, 2.24) is 15.9 Å². The van der Waals surface area contributed by atoms with Crippen LogP contribution in [0, 0.1) is 0 Å². The van der Waals surface area contributed by atoms with Crippen LogP contribution in [0.3, 0.4) is 0 Å². The van der Waals surface area contributed by atoms with Crippen molar-refractivity contribution in [3.05, 3.63) is 0 Å². The zero-order chi connectivity index (χ0) is 47.9. The number of carbonyl (C=O) groups is 7. The van der Waals surface area contributed by atoms with E-state index in [2.05, 4.69) is 29.2 Å². The predicted octanol–water partition coefficient (Wildman–Crippen LogP) is 5.14. The number of hydrogen-bond donors (Lipinski definition) is 5. The maximum atomic E-state index is 13.3. The van der Waals surface area contributed by atoms with E-state index in [0.717, 1.165) is 64.9 Å². The van der Waals surface area contributed by atoms with Crippen molar-refractivity contribution >= 4 is 41.5 Å². The van der Waals surface area contributed by atoms with Gasteiger partial charge in [-0.25, -0.2) is 0 Å². The third-order valence-electron chi connectivity index (χ3n) is 11.1. The summed E-state index contributed by atoms with van der Waals surface area (Å²) in [5, 5.41) is 16.7. The number of aliphatic hydroxyl groups excluding tert-OH is 1. The molecule has 0 saturated carbocycles. The van der Waals surface area contributed by atoms with Crippen LogP contribution in [0.4, 0.5) is 0 Å². The van der Waals surface area contributed by atoms with Gasteiger partial charge in [0, 0.05) is 19.8 Å². The molecule has 0 unspecified atom stereocenters. The molecule has 1 saturated heterocycles.